The molecule has 0 radical (unpaired) electrons. The Balaban J connectivity index is 2.01. The molecule has 0 amide bonds. The zero-order chi connectivity index (χ0) is 7.90. The van der Waals surface area contributed by atoms with Gasteiger partial charge in [-0.25, -0.2) is 0 Å². The second-order valence-corrected chi connectivity index (χ2v) is 3.98. The van der Waals surface area contributed by atoms with Crippen LogP contribution in [0.4, 0.5) is 0 Å². The molecule has 0 aliphatic heterocycles. The normalized spacial score (nSPS) is 39.8. The summed E-state index contributed by atoms with van der Waals surface area (Å²) < 4.78 is 5.42. The van der Waals surface area contributed by atoms with Crippen LogP contribution in [0, 0.1) is 11.3 Å². The van der Waals surface area contributed by atoms with Crippen molar-refractivity contribution < 1.29 is 4.74 Å². The van der Waals surface area contributed by atoms with Crippen molar-refractivity contribution >= 4 is 0 Å². The lowest BCUT2D eigenvalue weighted by molar-refractivity contribution is -0.180. The van der Waals surface area contributed by atoms with Gasteiger partial charge < -0.3 is 10.5 Å². The maximum atomic E-state index is 5.68. The molecule has 64 valence electrons. The largest absolute Gasteiger partial charge is 0.381 e. The predicted octanol–water partition coefficient (Wildman–Crippen LogP) is 1.15. The van der Waals surface area contributed by atoms with Gasteiger partial charge in [0.2, 0.25) is 0 Å². The minimum absolute atomic E-state index is 0.531. The third kappa shape index (κ3) is 0.798. The Morgan fingerprint density at radius 1 is 1.55 bits per heavy atom. The summed E-state index contributed by atoms with van der Waals surface area (Å²) in [4.78, 5) is 0. The molecule has 0 aromatic rings. The number of ether oxygens (including phenoxy) is 1. The lowest BCUT2D eigenvalue weighted by atomic mass is 9.48. The van der Waals surface area contributed by atoms with Crippen molar-refractivity contribution in [2.24, 2.45) is 17.1 Å². The Bertz CT molecular complexity index is 142. The molecule has 2 unspecified atom stereocenters. The van der Waals surface area contributed by atoms with E-state index in [1.165, 1.54) is 25.7 Å². The number of rotatable bonds is 2. The molecule has 2 heteroatoms. The van der Waals surface area contributed by atoms with E-state index >= 15 is 0 Å². The third-order valence-electron chi connectivity index (χ3n) is 3.81. The van der Waals surface area contributed by atoms with Crippen molar-refractivity contribution in [3.8, 4) is 0 Å². The lowest BCUT2D eigenvalue weighted by Crippen LogP contribution is -2.60. The molecule has 2 aliphatic carbocycles. The summed E-state index contributed by atoms with van der Waals surface area (Å²) in [5, 5.41) is 0. The Labute approximate surface area is 68.1 Å². The van der Waals surface area contributed by atoms with Crippen LogP contribution in [0.15, 0.2) is 0 Å². The third-order valence-corrected chi connectivity index (χ3v) is 3.81. The zero-order valence-corrected chi connectivity index (χ0v) is 7.18. The summed E-state index contributed by atoms with van der Waals surface area (Å²) in [6, 6.07) is 0. The van der Waals surface area contributed by atoms with E-state index in [0.717, 1.165) is 12.5 Å². The van der Waals surface area contributed by atoms with Gasteiger partial charge in [-0.15, -0.1) is 0 Å². The van der Waals surface area contributed by atoms with Crippen LogP contribution in [-0.2, 0) is 4.74 Å². The Hall–Kier alpha value is -0.0800. The highest BCUT2D eigenvalue weighted by Crippen LogP contribution is 2.60. The van der Waals surface area contributed by atoms with Crippen LogP contribution >= 0.6 is 0 Å². The molecule has 2 rings (SSSR count). The molecule has 0 heterocycles. The van der Waals surface area contributed by atoms with Crippen LogP contribution in [-0.4, -0.2) is 19.8 Å². The van der Waals surface area contributed by atoms with E-state index in [0.29, 0.717) is 11.5 Å². The molecule has 2 aliphatic rings. The van der Waals surface area contributed by atoms with Crippen LogP contribution in [0.3, 0.4) is 0 Å². The predicted molar refractivity (Wildman–Crippen MR) is 44.2 cm³/mol. The number of methoxy groups -OCH3 is 1. The molecule has 2 nitrogen and oxygen atoms in total. The van der Waals surface area contributed by atoms with Crippen LogP contribution in [0.2, 0.25) is 0 Å². The summed E-state index contributed by atoms with van der Waals surface area (Å²) in [5.41, 5.74) is 6.21. The van der Waals surface area contributed by atoms with Gasteiger partial charge in [-0.2, -0.15) is 0 Å². The molecule has 2 N–H and O–H groups in total. The van der Waals surface area contributed by atoms with Crippen LogP contribution in [0.25, 0.3) is 0 Å². The fourth-order valence-corrected chi connectivity index (χ4v) is 2.81. The summed E-state index contributed by atoms with van der Waals surface area (Å²) >= 11 is 0. The summed E-state index contributed by atoms with van der Waals surface area (Å²) in [5.74, 6) is 0.765. The van der Waals surface area contributed by atoms with Crippen molar-refractivity contribution in [1.82, 2.24) is 0 Å². The van der Waals surface area contributed by atoms with Crippen molar-refractivity contribution in [3.05, 3.63) is 0 Å². The minimum atomic E-state index is 0.531. The van der Waals surface area contributed by atoms with Gasteiger partial charge in [-0.05, 0) is 31.7 Å². The molecule has 0 bridgehead atoms. The van der Waals surface area contributed by atoms with Crippen molar-refractivity contribution in [1.29, 1.82) is 0 Å². The molecule has 2 fully saturated rings. The maximum absolute atomic E-state index is 5.68. The molecule has 2 saturated carbocycles. The number of nitrogens with two attached hydrogens (primary N) is 1. The molecule has 0 aromatic carbocycles. The van der Waals surface area contributed by atoms with E-state index in [2.05, 4.69) is 0 Å². The standard InChI is InChI=1S/C9H17NO/c1-11-8-5-7(6-10)9(8)3-2-4-9/h7-8H,2-6,10H2,1H3. The molecular weight excluding hydrogens is 138 g/mol. The number of hydrogen-bond acceptors (Lipinski definition) is 2. The van der Waals surface area contributed by atoms with E-state index in [1.807, 2.05) is 7.11 Å². The maximum Gasteiger partial charge on any atom is 0.0634 e. The lowest BCUT2D eigenvalue weighted by Gasteiger charge is -2.60. The Morgan fingerprint density at radius 2 is 2.27 bits per heavy atom. The first-order valence-electron chi connectivity index (χ1n) is 4.56. The first kappa shape index (κ1) is 7.56. The van der Waals surface area contributed by atoms with Gasteiger partial charge in [-0.1, -0.05) is 6.42 Å². The minimum Gasteiger partial charge on any atom is -0.381 e. The van der Waals surface area contributed by atoms with E-state index < -0.39 is 0 Å². The van der Waals surface area contributed by atoms with Crippen LogP contribution < -0.4 is 5.73 Å². The van der Waals surface area contributed by atoms with Gasteiger partial charge in [0.25, 0.3) is 0 Å². The quantitative estimate of drug-likeness (QED) is 0.649. The van der Waals surface area contributed by atoms with Gasteiger partial charge in [0.15, 0.2) is 0 Å². The van der Waals surface area contributed by atoms with Crippen molar-refractivity contribution in [2.45, 2.75) is 31.8 Å². The first-order valence-corrected chi connectivity index (χ1v) is 4.56. The van der Waals surface area contributed by atoms with E-state index in [-0.39, 0.29) is 0 Å². The molecule has 1 spiro atoms. The highest BCUT2D eigenvalue weighted by Gasteiger charge is 2.57. The zero-order valence-electron chi connectivity index (χ0n) is 7.18. The van der Waals surface area contributed by atoms with Crippen LogP contribution in [0.1, 0.15) is 25.7 Å². The van der Waals surface area contributed by atoms with Crippen molar-refractivity contribution in [2.75, 3.05) is 13.7 Å². The molecule has 0 saturated heterocycles. The van der Waals surface area contributed by atoms with Crippen molar-refractivity contribution in [3.63, 3.8) is 0 Å². The molecular formula is C9H17NO. The van der Waals surface area contributed by atoms with Gasteiger partial charge in [-0.3, -0.25) is 0 Å². The summed E-state index contributed by atoms with van der Waals surface area (Å²) in [7, 11) is 1.83. The molecule has 11 heavy (non-hydrogen) atoms. The fourth-order valence-electron chi connectivity index (χ4n) is 2.81. The monoisotopic (exact) mass is 155 g/mol. The van der Waals surface area contributed by atoms with E-state index in [9.17, 15) is 0 Å². The average molecular weight is 155 g/mol. The van der Waals surface area contributed by atoms with E-state index in [4.69, 9.17) is 10.5 Å². The smallest absolute Gasteiger partial charge is 0.0634 e. The Kier molecular flexibility index (Phi) is 1.69. The second kappa shape index (κ2) is 2.46. The number of hydrogen-bond donors (Lipinski definition) is 1. The summed E-state index contributed by atoms with van der Waals surface area (Å²) in [6.45, 7) is 0.861. The van der Waals surface area contributed by atoms with Crippen LogP contribution in [0.5, 0.6) is 0 Å². The van der Waals surface area contributed by atoms with Gasteiger partial charge in [0, 0.05) is 12.5 Å². The Morgan fingerprint density at radius 3 is 2.64 bits per heavy atom. The average Bonchev–Trinajstić information content (AvgIpc) is 1.84. The summed E-state index contributed by atoms with van der Waals surface area (Å²) in [6.07, 6.45) is 5.83. The van der Waals surface area contributed by atoms with Gasteiger partial charge in [0.1, 0.15) is 0 Å². The SMILES string of the molecule is COC1CC(CN)C12CCC2. The van der Waals surface area contributed by atoms with E-state index in [1.54, 1.807) is 0 Å². The van der Waals surface area contributed by atoms with Gasteiger partial charge in [0.05, 0.1) is 6.10 Å². The second-order valence-electron chi connectivity index (χ2n) is 3.98. The highest BCUT2D eigenvalue weighted by molar-refractivity contribution is 5.08. The molecule has 0 aromatic heterocycles. The van der Waals surface area contributed by atoms with Gasteiger partial charge >= 0.3 is 0 Å². The fraction of sp³-hybridized carbons (Fsp3) is 1.00. The highest BCUT2D eigenvalue weighted by atomic mass is 16.5. The molecule has 2 atom stereocenters. The first-order chi connectivity index (χ1) is 5.33. The topological polar surface area (TPSA) is 35.2 Å².